The number of nitrogens with one attached hydrogen (secondary N) is 1. The third kappa shape index (κ3) is 5.33. The molecule has 0 aliphatic rings. The summed E-state index contributed by atoms with van der Waals surface area (Å²) in [4.78, 5) is 43.5. The zero-order chi connectivity index (χ0) is 25.7. The Morgan fingerprint density at radius 1 is 1.00 bits per heavy atom. The van der Waals surface area contributed by atoms with E-state index in [-0.39, 0.29) is 35.3 Å². The monoisotopic (exact) mass is 501 g/mol. The SMILES string of the molecule is CCOC(=O)c1ccccc1NC(=O)CSc1nc2ccccc2c(=O)n1-c1ccccc1C(C)C. The molecule has 0 aliphatic carbocycles. The largest absolute Gasteiger partial charge is 0.462 e. The van der Waals surface area contributed by atoms with E-state index in [4.69, 9.17) is 9.72 Å². The minimum absolute atomic E-state index is 0.00815. The van der Waals surface area contributed by atoms with Crippen LogP contribution in [0.2, 0.25) is 0 Å². The van der Waals surface area contributed by atoms with Crippen LogP contribution in [0.1, 0.15) is 42.6 Å². The third-order valence-corrected chi connectivity index (χ3v) is 6.51. The average Bonchev–Trinajstić information content (AvgIpc) is 2.88. The Morgan fingerprint density at radius 3 is 2.47 bits per heavy atom. The molecule has 0 aliphatic heterocycles. The van der Waals surface area contributed by atoms with E-state index in [9.17, 15) is 14.4 Å². The van der Waals surface area contributed by atoms with Gasteiger partial charge >= 0.3 is 5.97 Å². The van der Waals surface area contributed by atoms with Gasteiger partial charge in [-0.1, -0.05) is 68.1 Å². The fourth-order valence-corrected chi connectivity index (χ4v) is 4.70. The number of rotatable bonds is 8. The summed E-state index contributed by atoms with van der Waals surface area (Å²) >= 11 is 1.17. The molecule has 0 bridgehead atoms. The van der Waals surface area contributed by atoms with Crippen LogP contribution in [0.4, 0.5) is 5.69 Å². The lowest BCUT2D eigenvalue weighted by Gasteiger charge is -2.18. The molecule has 8 heteroatoms. The van der Waals surface area contributed by atoms with Gasteiger partial charge in [0, 0.05) is 0 Å². The molecule has 0 saturated heterocycles. The van der Waals surface area contributed by atoms with E-state index in [2.05, 4.69) is 19.2 Å². The van der Waals surface area contributed by atoms with Gasteiger partial charge in [0.2, 0.25) is 5.91 Å². The number of ether oxygens (including phenoxy) is 1. The Labute approximate surface area is 213 Å². The maximum atomic E-state index is 13.6. The molecule has 0 spiro atoms. The number of anilines is 1. The Kier molecular flexibility index (Phi) is 7.85. The van der Waals surface area contributed by atoms with Crippen LogP contribution in [-0.2, 0) is 9.53 Å². The van der Waals surface area contributed by atoms with Crippen molar-refractivity contribution in [2.45, 2.75) is 31.8 Å². The van der Waals surface area contributed by atoms with Crippen LogP contribution in [0, 0.1) is 0 Å². The molecule has 0 unspecified atom stereocenters. The number of para-hydroxylation sites is 3. The average molecular weight is 502 g/mol. The number of hydrogen-bond acceptors (Lipinski definition) is 6. The van der Waals surface area contributed by atoms with Gasteiger partial charge in [-0.15, -0.1) is 0 Å². The smallest absolute Gasteiger partial charge is 0.340 e. The molecule has 1 amide bonds. The molecular formula is C28H27N3O4S. The lowest BCUT2D eigenvalue weighted by molar-refractivity contribution is -0.113. The van der Waals surface area contributed by atoms with Gasteiger partial charge in [0.15, 0.2) is 5.16 Å². The second-order valence-corrected chi connectivity index (χ2v) is 9.31. The summed E-state index contributed by atoms with van der Waals surface area (Å²) in [6.07, 6.45) is 0. The third-order valence-electron chi connectivity index (χ3n) is 5.57. The maximum Gasteiger partial charge on any atom is 0.340 e. The Morgan fingerprint density at radius 2 is 1.69 bits per heavy atom. The summed E-state index contributed by atoms with van der Waals surface area (Å²) in [6.45, 7) is 6.10. The predicted octanol–water partition coefficient (Wildman–Crippen LogP) is 5.42. The summed E-state index contributed by atoms with van der Waals surface area (Å²) in [7, 11) is 0. The molecule has 0 radical (unpaired) electrons. The maximum absolute atomic E-state index is 13.6. The normalized spacial score (nSPS) is 11.0. The van der Waals surface area contributed by atoms with Gasteiger partial charge in [-0.25, -0.2) is 9.78 Å². The molecule has 1 N–H and O–H groups in total. The van der Waals surface area contributed by atoms with Crippen molar-refractivity contribution in [2.24, 2.45) is 0 Å². The molecule has 1 heterocycles. The van der Waals surface area contributed by atoms with E-state index in [1.807, 2.05) is 36.4 Å². The summed E-state index contributed by atoms with van der Waals surface area (Å²) in [6, 6.07) is 21.6. The van der Waals surface area contributed by atoms with Crippen LogP contribution in [0.25, 0.3) is 16.6 Å². The summed E-state index contributed by atoms with van der Waals surface area (Å²) < 4.78 is 6.67. The Hall–Kier alpha value is -3.91. The molecule has 184 valence electrons. The van der Waals surface area contributed by atoms with Crippen molar-refractivity contribution in [3.8, 4) is 5.69 Å². The molecule has 0 atom stereocenters. The summed E-state index contributed by atoms with van der Waals surface area (Å²) in [5, 5.41) is 3.71. The summed E-state index contributed by atoms with van der Waals surface area (Å²) in [5.74, 6) is -0.662. The first-order valence-electron chi connectivity index (χ1n) is 11.7. The highest BCUT2D eigenvalue weighted by Gasteiger charge is 2.19. The van der Waals surface area contributed by atoms with Crippen molar-refractivity contribution in [1.82, 2.24) is 9.55 Å². The van der Waals surface area contributed by atoms with Crippen molar-refractivity contribution in [3.05, 3.63) is 94.3 Å². The number of esters is 1. The zero-order valence-electron chi connectivity index (χ0n) is 20.4. The topological polar surface area (TPSA) is 90.3 Å². The van der Waals surface area contributed by atoms with Gasteiger partial charge in [-0.05, 0) is 48.7 Å². The quantitative estimate of drug-likeness (QED) is 0.197. The van der Waals surface area contributed by atoms with Crippen molar-refractivity contribution in [3.63, 3.8) is 0 Å². The fourth-order valence-electron chi connectivity index (χ4n) is 3.90. The van der Waals surface area contributed by atoms with E-state index < -0.39 is 5.97 Å². The second-order valence-electron chi connectivity index (χ2n) is 8.37. The van der Waals surface area contributed by atoms with Gasteiger partial charge in [-0.2, -0.15) is 0 Å². The Balaban J connectivity index is 1.68. The van der Waals surface area contributed by atoms with E-state index in [1.165, 1.54) is 11.8 Å². The molecule has 4 rings (SSSR count). The molecule has 36 heavy (non-hydrogen) atoms. The zero-order valence-corrected chi connectivity index (χ0v) is 21.2. The number of amides is 1. The number of carbonyl (C=O) groups excluding carboxylic acids is 2. The minimum atomic E-state index is -0.503. The number of benzene rings is 3. The van der Waals surface area contributed by atoms with Crippen molar-refractivity contribution >= 4 is 40.2 Å². The number of nitrogens with zero attached hydrogens (tertiary/aromatic N) is 2. The van der Waals surface area contributed by atoms with Gasteiger partial charge < -0.3 is 10.1 Å². The van der Waals surface area contributed by atoms with Crippen molar-refractivity contribution in [2.75, 3.05) is 17.7 Å². The van der Waals surface area contributed by atoms with E-state index in [1.54, 1.807) is 47.9 Å². The van der Waals surface area contributed by atoms with Gasteiger partial charge in [0.25, 0.3) is 5.56 Å². The number of fused-ring (bicyclic) bond motifs is 1. The highest BCUT2D eigenvalue weighted by atomic mass is 32.2. The fraction of sp³-hybridized carbons (Fsp3) is 0.214. The van der Waals surface area contributed by atoms with Crippen LogP contribution in [0.5, 0.6) is 0 Å². The highest BCUT2D eigenvalue weighted by molar-refractivity contribution is 7.99. The first-order valence-corrected chi connectivity index (χ1v) is 12.7. The molecule has 3 aromatic carbocycles. The van der Waals surface area contributed by atoms with Crippen LogP contribution < -0.4 is 10.9 Å². The van der Waals surface area contributed by atoms with Crippen LogP contribution in [0.3, 0.4) is 0 Å². The lowest BCUT2D eigenvalue weighted by atomic mass is 10.0. The second kappa shape index (κ2) is 11.2. The number of aromatic nitrogens is 2. The van der Waals surface area contributed by atoms with Crippen LogP contribution >= 0.6 is 11.8 Å². The highest BCUT2D eigenvalue weighted by Crippen LogP contribution is 2.27. The predicted molar refractivity (Wildman–Crippen MR) is 143 cm³/mol. The number of hydrogen-bond donors (Lipinski definition) is 1. The molecular weight excluding hydrogens is 474 g/mol. The van der Waals surface area contributed by atoms with Crippen LogP contribution in [-0.4, -0.2) is 33.8 Å². The first-order chi connectivity index (χ1) is 17.4. The minimum Gasteiger partial charge on any atom is -0.462 e. The molecule has 0 fully saturated rings. The van der Waals surface area contributed by atoms with Crippen molar-refractivity contribution < 1.29 is 14.3 Å². The Bertz CT molecular complexity index is 1480. The lowest BCUT2D eigenvalue weighted by Crippen LogP contribution is -2.24. The van der Waals surface area contributed by atoms with E-state index in [0.717, 1.165) is 11.3 Å². The van der Waals surface area contributed by atoms with Gasteiger partial charge in [0.05, 0.1) is 40.2 Å². The van der Waals surface area contributed by atoms with E-state index in [0.29, 0.717) is 21.7 Å². The molecule has 4 aromatic rings. The molecule has 7 nitrogen and oxygen atoms in total. The van der Waals surface area contributed by atoms with Crippen LogP contribution in [0.15, 0.2) is 82.7 Å². The number of thioether (sulfide) groups is 1. The van der Waals surface area contributed by atoms with Gasteiger partial charge in [-0.3, -0.25) is 14.2 Å². The molecule has 0 saturated carbocycles. The van der Waals surface area contributed by atoms with Crippen molar-refractivity contribution in [1.29, 1.82) is 0 Å². The number of carbonyl (C=O) groups is 2. The standard InChI is InChI=1S/C28H27N3O4S/c1-4-35-27(34)21-13-6-9-15-23(21)29-25(32)17-36-28-30-22-14-8-5-12-20(22)26(33)31(28)24-16-10-7-11-19(24)18(2)3/h5-16,18H,4,17H2,1-3H3,(H,29,32). The van der Waals surface area contributed by atoms with E-state index >= 15 is 0 Å². The first kappa shape index (κ1) is 25.2. The van der Waals surface area contributed by atoms with Gasteiger partial charge in [0.1, 0.15) is 0 Å². The molecule has 1 aromatic heterocycles. The summed E-state index contributed by atoms with van der Waals surface area (Å²) in [5.41, 5.74) is 2.78.